The first-order chi connectivity index (χ1) is 14.0. The maximum Gasteiger partial charge on any atom is 0.253 e. The van der Waals surface area contributed by atoms with Crippen LogP contribution >= 0.6 is 11.6 Å². The fourth-order valence-electron chi connectivity index (χ4n) is 3.38. The van der Waals surface area contributed by atoms with Gasteiger partial charge in [-0.2, -0.15) is 0 Å². The molecule has 0 bridgehead atoms. The van der Waals surface area contributed by atoms with Gasteiger partial charge >= 0.3 is 0 Å². The number of fused-ring (bicyclic) bond motifs is 1. The zero-order valence-electron chi connectivity index (χ0n) is 15.3. The molecule has 0 fully saturated rings. The van der Waals surface area contributed by atoms with Gasteiger partial charge in [-0.3, -0.25) is 19.7 Å². The quantitative estimate of drug-likeness (QED) is 0.503. The van der Waals surface area contributed by atoms with Gasteiger partial charge in [0.25, 0.3) is 5.91 Å². The Labute approximate surface area is 172 Å². The molecule has 6 heteroatoms. The monoisotopic (exact) mass is 404 g/mol. The average molecular weight is 405 g/mol. The van der Waals surface area contributed by atoms with Gasteiger partial charge in [0.2, 0.25) is 17.2 Å². The minimum Gasteiger partial charge on any atom is -0.321 e. The summed E-state index contributed by atoms with van der Waals surface area (Å²) >= 11 is 5.89. The highest BCUT2D eigenvalue weighted by Crippen LogP contribution is 2.29. The maximum atomic E-state index is 13.3. The van der Waals surface area contributed by atoms with Crippen LogP contribution in [-0.4, -0.2) is 23.1 Å². The van der Waals surface area contributed by atoms with Crippen molar-refractivity contribution in [1.82, 2.24) is 10.6 Å². The van der Waals surface area contributed by atoms with E-state index in [1.54, 1.807) is 48.5 Å². The van der Waals surface area contributed by atoms with E-state index in [9.17, 15) is 14.4 Å². The minimum absolute atomic E-state index is 0.229. The van der Waals surface area contributed by atoms with Crippen molar-refractivity contribution in [2.24, 2.45) is 0 Å². The Morgan fingerprint density at radius 2 is 1.34 bits per heavy atom. The third-order valence-electron chi connectivity index (χ3n) is 4.91. The molecule has 29 heavy (non-hydrogen) atoms. The Morgan fingerprint density at radius 3 is 1.93 bits per heavy atom. The Bertz CT molecular complexity index is 1060. The first kappa shape index (κ1) is 19.1. The Morgan fingerprint density at radius 1 is 0.793 bits per heavy atom. The van der Waals surface area contributed by atoms with E-state index in [1.807, 2.05) is 30.3 Å². The zero-order chi connectivity index (χ0) is 20.4. The van der Waals surface area contributed by atoms with E-state index < -0.39 is 23.1 Å². The number of ketones is 2. The van der Waals surface area contributed by atoms with E-state index in [4.69, 9.17) is 11.6 Å². The van der Waals surface area contributed by atoms with Crippen LogP contribution in [0.5, 0.6) is 0 Å². The van der Waals surface area contributed by atoms with E-state index in [1.165, 1.54) is 0 Å². The summed E-state index contributed by atoms with van der Waals surface area (Å²) in [6.45, 7) is 0.229. The number of halogens is 1. The van der Waals surface area contributed by atoms with E-state index >= 15 is 0 Å². The molecule has 0 saturated carbocycles. The Balaban J connectivity index is 1.70. The highest BCUT2D eigenvalue weighted by Gasteiger charge is 2.54. The van der Waals surface area contributed by atoms with Crippen LogP contribution in [0.3, 0.4) is 0 Å². The van der Waals surface area contributed by atoms with Crippen LogP contribution in [0, 0.1) is 0 Å². The lowest BCUT2D eigenvalue weighted by molar-refractivity contribution is 0.0652. The molecule has 3 aromatic carbocycles. The molecule has 2 N–H and O–H groups in total. The number of Topliss-reactive ketones (excluding diaryl/α,β-unsaturated/α-hetero) is 2. The third-order valence-corrected chi connectivity index (χ3v) is 5.16. The van der Waals surface area contributed by atoms with Crippen molar-refractivity contribution in [1.29, 1.82) is 0 Å². The van der Waals surface area contributed by atoms with Gasteiger partial charge in [-0.1, -0.05) is 66.2 Å². The molecule has 0 aromatic heterocycles. The first-order valence-corrected chi connectivity index (χ1v) is 9.45. The SMILES string of the molecule is O=C(NC1(NCc2ccccc2)C(=O)c2ccccc2C1=O)c1ccc(Cl)cc1. The van der Waals surface area contributed by atoms with Gasteiger partial charge in [-0.05, 0) is 29.8 Å². The van der Waals surface area contributed by atoms with E-state index in [0.29, 0.717) is 10.6 Å². The van der Waals surface area contributed by atoms with Crippen molar-refractivity contribution >= 4 is 29.1 Å². The molecule has 0 aliphatic heterocycles. The molecule has 1 amide bonds. The fourth-order valence-corrected chi connectivity index (χ4v) is 3.50. The van der Waals surface area contributed by atoms with Crippen LogP contribution in [0.25, 0.3) is 0 Å². The van der Waals surface area contributed by atoms with Crippen molar-refractivity contribution in [3.8, 4) is 0 Å². The molecule has 144 valence electrons. The molecule has 0 heterocycles. The maximum absolute atomic E-state index is 13.3. The molecule has 0 radical (unpaired) electrons. The molecule has 5 nitrogen and oxygen atoms in total. The number of amides is 1. The van der Waals surface area contributed by atoms with Crippen molar-refractivity contribution in [3.63, 3.8) is 0 Å². The zero-order valence-corrected chi connectivity index (χ0v) is 16.1. The molecule has 1 aliphatic carbocycles. The molecular formula is C23H17ClN2O3. The van der Waals surface area contributed by atoms with E-state index in [0.717, 1.165) is 5.56 Å². The lowest BCUT2D eigenvalue weighted by atomic mass is 10.0. The summed E-state index contributed by atoms with van der Waals surface area (Å²) in [6.07, 6.45) is 0. The van der Waals surface area contributed by atoms with Crippen molar-refractivity contribution in [2.75, 3.05) is 0 Å². The number of hydrogen-bond donors (Lipinski definition) is 2. The number of carbonyl (C=O) groups is 3. The van der Waals surface area contributed by atoms with Gasteiger partial charge < -0.3 is 5.32 Å². The molecule has 0 saturated heterocycles. The summed E-state index contributed by atoms with van der Waals surface area (Å²) in [4.78, 5) is 39.4. The van der Waals surface area contributed by atoms with Crippen LogP contribution in [0.2, 0.25) is 5.02 Å². The Kier molecular flexibility index (Phi) is 5.01. The fraction of sp³-hybridized carbons (Fsp3) is 0.0870. The highest BCUT2D eigenvalue weighted by molar-refractivity contribution is 6.34. The largest absolute Gasteiger partial charge is 0.321 e. The van der Waals surface area contributed by atoms with Crippen molar-refractivity contribution < 1.29 is 14.4 Å². The van der Waals surface area contributed by atoms with Gasteiger partial charge in [0.1, 0.15) is 0 Å². The summed E-state index contributed by atoms with van der Waals surface area (Å²) in [7, 11) is 0. The van der Waals surface area contributed by atoms with E-state index in [-0.39, 0.29) is 17.7 Å². The smallest absolute Gasteiger partial charge is 0.253 e. The molecule has 0 unspecified atom stereocenters. The van der Waals surface area contributed by atoms with Crippen LogP contribution in [0.15, 0.2) is 78.9 Å². The number of nitrogens with one attached hydrogen (secondary N) is 2. The van der Waals surface area contributed by atoms with Crippen molar-refractivity contribution in [2.45, 2.75) is 12.2 Å². The molecular weight excluding hydrogens is 388 g/mol. The van der Waals surface area contributed by atoms with Gasteiger partial charge in [0.15, 0.2) is 0 Å². The average Bonchev–Trinajstić information content (AvgIpc) is 2.96. The van der Waals surface area contributed by atoms with Crippen LogP contribution < -0.4 is 10.6 Å². The third kappa shape index (κ3) is 3.46. The van der Waals surface area contributed by atoms with Gasteiger partial charge in [-0.25, -0.2) is 0 Å². The number of hydrogen-bond acceptors (Lipinski definition) is 4. The molecule has 1 aliphatic rings. The Hall–Kier alpha value is -3.28. The molecule has 3 aromatic rings. The topological polar surface area (TPSA) is 75.3 Å². The summed E-state index contributed by atoms with van der Waals surface area (Å²) in [5, 5.41) is 6.15. The highest BCUT2D eigenvalue weighted by atomic mass is 35.5. The molecule has 0 spiro atoms. The van der Waals surface area contributed by atoms with Gasteiger partial charge in [-0.15, -0.1) is 0 Å². The van der Waals surface area contributed by atoms with Crippen LogP contribution in [0.4, 0.5) is 0 Å². The first-order valence-electron chi connectivity index (χ1n) is 9.07. The molecule has 0 atom stereocenters. The van der Waals surface area contributed by atoms with Gasteiger partial charge in [0, 0.05) is 28.3 Å². The predicted octanol–water partition coefficient (Wildman–Crippen LogP) is 3.64. The van der Waals surface area contributed by atoms with Crippen LogP contribution in [-0.2, 0) is 6.54 Å². The summed E-state index contributed by atoms with van der Waals surface area (Å²) in [5.74, 6) is -1.50. The standard InChI is InChI=1S/C23H17ClN2O3/c24-17-12-10-16(11-13-17)22(29)26-23(25-14-15-6-2-1-3-7-15)20(27)18-8-4-5-9-19(18)21(23)28/h1-13,25H,14H2,(H,26,29). The summed E-state index contributed by atoms with van der Waals surface area (Å²) < 4.78 is 0. The van der Waals surface area contributed by atoms with E-state index in [2.05, 4.69) is 10.6 Å². The minimum atomic E-state index is -1.86. The predicted molar refractivity (Wildman–Crippen MR) is 110 cm³/mol. The molecule has 4 rings (SSSR count). The van der Waals surface area contributed by atoms with Crippen LogP contribution in [0.1, 0.15) is 36.6 Å². The number of rotatable bonds is 5. The lowest BCUT2D eigenvalue weighted by Gasteiger charge is -2.28. The summed E-state index contributed by atoms with van der Waals surface area (Å²) in [5.41, 5.74) is -0.115. The number of carbonyl (C=O) groups excluding carboxylic acids is 3. The van der Waals surface area contributed by atoms with Gasteiger partial charge in [0.05, 0.1) is 0 Å². The number of benzene rings is 3. The second kappa shape index (κ2) is 7.62. The normalized spacial score (nSPS) is 14.5. The second-order valence-corrected chi connectivity index (χ2v) is 7.19. The summed E-state index contributed by atoms with van der Waals surface area (Å²) in [6, 6.07) is 22.2. The second-order valence-electron chi connectivity index (χ2n) is 6.75. The van der Waals surface area contributed by atoms with Crippen molar-refractivity contribution in [3.05, 3.63) is 106 Å². The lowest BCUT2D eigenvalue weighted by Crippen LogP contribution is -2.66.